The Morgan fingerprint density at radius 1 is 1.62 bits per heavy atom. The third-order valence-corrected chi connectivity index (χ3v) is 2.38. The Bertz CT molecular complexity index is 371. The van der Waals surface area contributed by atoms with Crippen LogP contribution in [0.3, 0.4) is 0 Å². The van der Waals surface area contributed by atoms with Gasteiger partial charge in [0, 0.05) is 24.7 Å². The number of pyridine rings is 1. The molecule has 0 spiro atoms. The molecular weight excluding hydrogens is 231 g/mol. The van der Waals surface area contributed by atoms with E-state index in [9.17, 15) is 9.18 Å². The van der Waals surface area contributed by atoms with Gasteiger partial charge >= 0.3 is 0 Å². The zero-order valence-electron chi connectivity index (χ0n) is 9.28. The minimum absolute atomic E-state index is 0.0150. The molecule has 0 atom stereocenters. The molecule has 16 heavy (non-hydrogen) atoms. The molecule has 0 aliphatic carbocycles. The first-order valence-corrected chi connectivity index (χ1v) is 5.57. The first-order valence-electron chi connectivity index (χ1n) is 5.04. The molecular formula is C11H14ClFN2O. The summed E-state index contributed by atoms with van der Waals surface area (Å²) in [6, 6.07) is 1.36. The van der Waals surface area contributed by atoms with Gasteiger partial charge in [-0.25, -0.2) is 4.39 Å². The second kappa shape index (κ2) is 5.80. The number of rotatable bonds is 4. The van der Waals surface area contributed by atoms with Crippen molar-refractivity contribution in [2.24, 2.45) is 0 Å². The minimum atomic E-state index is -0.604. The maximum Gasteiger partial charge on any atom is 0.257 e. The van der Waals surface area contributed by atoms with Crippen LogP contribution in [-0.4, -0.2) is 34.3 Å². The number of carbonyl (C=O) groups excluding carboxylic acids is 1. The largest absolute Gasteiger partial charge is 0.335 e. The van der Waals surface area contributed by atoms with Crippen molar-refractivity contribution in [1.29, 1.82) is 0 Å². The summed E-state index contributed by atoms with van der Waals surface area (Å²) in [5, 5.41) is 0. The van der Waals surface area contributed by atoms with Crippen LogP contribution in [0, 0.1) is 5.82 Å². The Morgan fingerprint density at radius 3 is 2.81 bits per heavy atom. The number of carbonyl (C=O) groups is 1. The molecule has 1 aromatic heterocycles. The molecule has 0 fully saturated rings. The third-order valence-electron chi connectivity index (χ3n) is 2.21. The molecule has 0 aromatic carbocycles. The van der Waals surface area contributed by atoms with Crippen LogP contribution in [0.15, 0.2) is 18.5 Å². The fourth-order valence-corrected chi connectivity index (χ4v) is 1.57. The average molecular weight is 245 g/mol. The highest BCUT2D eigenvalue weighted by Gasteiger charge is 2.20. The summed E-state index contributed by atoms with van der Waals surface area (Å²) < 4.78 is 13.4. The van der Waals surface area contributed by atoms with E-state index in [0.717, 1.165) is 6.20 Å². The van der Waals surface area contributed by atoms with Crippen LogP contribution in [0.25, 0.3) is 0 Å². The van der Waals surface area contributed by atoms with Crippen LogP contribution in [-0.2, 0) is 0 Å². The number of nitrogens with zero attached hydrogens (tertiary/aromatic N) is 2. The Morgan fingerprint density at radius 2 is 2.31 bits per heavy atom. The predicted molar refractivity (Wildman–Crippen MR) is 61.1 cm³/mol. The Hall–Kier alpha value is -1.16. The molecule has 0 N–H and O–H groups in total. The fraction of sp³-hybridized carbons (Fsp3) is 0.455. The van der Waals surface area contributed by atoms with E-state index in [4.69, 9.17) is 11.6 Å². The van der Waals surface area contributed by atoms with Gasteiger partial charge < -0.3 is 4.90 Å². The van der Waals surface area contributed by atoms with Crippen molar-refractivity contribution in [2.75, 3.05) is 12.4 Å². The van der Waals surface area contributed by atoms with Crippen molar-refractivity contribution < 1.29 is 9.18 Å². The lowest BCUT2D eigenvalue weighted by Crippen LogP contribution is -2.38. The number of alkyl halides is 1. The van der Waals surface area contributed by atoms with E-state index < -0.39 is 5.82 Å². The molecule has 0 unspecified atom stereocenters. The summed E-state index contributed by atoms with van der Waals surface area (Å²) in [4.78, 5) is 17.1. The molecule has 0 saturated carbocycles. The number of hydrogen-bond donors (Lipinski definition) is 0. The molecule has 0 radical (unpaired) electrons. The average Bonchev–Trinajstić information content (AvgIpc) is 2.25. The van der Waals surface area contributed by atoms with Crippen molar-refractivity contribution in [2.45, 2.75) is 19.9 Å². The second-order valence-electron chi connectivity index (χ2n) is 3.64. The molecule has 88 valence electrons. The molecule has 1 heterocycles. The van der Waals surface area contributed by atoms with Crippen LogP contribution in [0.1, 0.15) is 24.2 Å². The molecule has 3 nitrogen and oxygen atoms in total. The third kappa shape index (κ3) is 2.92. The predicted octanol–water partition coefficient (Wildman–Crippen LogP) is 2.31. The monoisotopic (exact) mass is 244 g/mol. The Labute approximate surface area is 99.2 Å². The SMILES string of the molecule is CC(C)N(CCCl)C(=O)c1ccncc1F. The molecule has 5 heteroatoms. The van der Waals surface area contributed by atoms with Crippen LogP contribution < -0.4 is 0 Å². The Balaban J connectivity index is 2.95. The smallest absolute Gasteiger partial charge is 0.257 e. The topological polar surface area (TPSA) is 33.2 Å². The maximum atomic E-state index is 13.4. The number of halogens is 2. The van der Waals surface area contributed by atoms with Crippen LogP contribution in [0.2, 0.25) is 0 Å². The number of aromatic nitrogens is 1. The quantitative estimate of drug-likeness (QED) is 0.762. The van der Waals surface area contributed by atoms with Gasteiger partial charge in [-0.15, -0.1) is 11.6 Å². The minimum Gasteiger partial charge on any atom is -0.335 e. The van der Waals surface area contributed by atoms with Crippen molar-refractivity contribution in [3.63, 3.8) is 0 Å². The zero-order chi connectivity index (χ0) is 12.1. The standard InChI is InChI=1S/C11H14ClFN2O/c1-8(2)15(6-4-12)11(16)9-3-5-14-7-10(9)13/h3,5,7-8H,4,6H2,1-2H3. The van der Waals surface area contributed by atoms with Gasteiger partial charge in [0.15, 0.2) is 5.82 Å². The van der Waals surface area contributed by atoms with Gasteiger partial charge in [0.05, 0.1) is 11.8 Å². The normalized spacial score (nSPS) is 10.6. The summed E-state index contributed by atoms with van der Waals surface area (Å²) in [5.74, 6) is -0.625. The van der Waals surface area contributed by atoms with Gasteiger partial charge in [-0.1, -0.05) is 0 Å². The van der Waals surface area contributed by atoms with Crippen molar-refractivity contribution in [1.82, 2.24) is 9.88 Å². The van der Waals surface area contributed by atoms with Crippen LogP contribution >= 0.6 is 11.6 Å². The second-order valence-corrected chi connectivity index (χ2v) is 4.01. The molecule has 0 bridgehead atoms. The lowest BCUT2D eigenvalue weighted by Gasteiger charge is -2.25. The van der Waals surface area contributed by atoms with Gasteiger partial charge in [-0.05, 0) is 19.9 Å². The molecule has 1 rings (SSSR count). The van der Waals surface area contributed by atoms with Gasteiger partial charge in [0.2, 0.25) is 0 Å². The zero-order valence-corrected chi connectivity index (χ0v) is 10.0. The lowest BCUT2D eigenvalue weighted by atomic mass is 10.2. The maximum absolute atomic E-state index is 13.4. The first-order chi connectivity index (χ1) is 7.57. The highest BCUT2D eigenvalue weighted by atomic mass is 35.5. The molecule has 1 aromatic rings. The van der Waals surface area contributed by atoms with Gasteiger partial charge in [-0.2, -0.15) is 0 Å². The summed E-state index contributed by atoms with van der Waals surface area (Å²) in [7, 11) is 0. The highest BCUT2D eigenvalue weighted by molar-refractivity contribution is 6.18. The van der Waals surface area contributed by atoms with E-state index in [0.29, 0.717) is 12.4 Å². The summed E-state index contributed by atoms with van der Waals surface area (Å²) >= 11 is 5.61. The number of hydrogen-bond acceptors (Lipinski definition) is 2. The molecule has 0 saturated heterocycles. The van der Waals surface area contributed by atoms with E-state index in [1.807, 2.05) is 13.8 Å². The van der Waals surface area contributed by atoms with Gasteiger partial charge in [0.1, 0.15) is 0 Å². The van der Waals surface area contributed by atoms with E-state index >= 15 is 0 Å². The summed E-state index contributed by atoms with van der Waals surface area (Å²) in [5.41, 5.74) is 0.0359. The highest BCUT2D eigenvalue weighted by Crippen LogP contribution is 2.11. The number of amides is 1. The molecule has 0 aliphatic rings. The fourth-order valence-electron chi connectivity index (χ4n) is 1.39. The molecule has 0 aliphatic heterocycles. The van der Waals surface area contributed by atoms with Gasteiger partial charge in [0.25, 0.3) is 5.91 Å². The first kappa shape index (κ1) is 12.9. The van der Waals surface area contributed by atoms with E-state index in [-0.39, 0.29) is 17.5 Å². The van der Waals surface area contributed by atoms with Gasteiger partial charge in [-0.3, -0.25) is 9.78 Å². The molecule has 1 amide bonds. The van der Waals surface area contributed by atoms with E-state index in [1.54, 1.807) is 0 Å². The van der Waals surface area contributed by atoms with Crippen molar-refractivity contribution >= 4 is 17.5 Å². The summed E-state index contributed by atoms with van der Waals surface area (Å²) in [6.07, 6.45) is 2.43. The van der Waals surface area contributed by atoms with Crippen molar-refractivity contribution in [3.05, 3.63) is 29.8 Å². The van der Waals surface area contributed by atoms with Crippen LogP contribution in [0.5, 0.6) is 0 Å². The Kier molecular flexibility index (Phi) is 4.68. The van der Waals surface area contributed by atoms with E-state index in [1.165, 1.54) is 17.2 Å². The van der Waals surface area contributed by atoms with Crippen molar-refractivity contribution in [3.8, 4) is 0 Å². The van der Waals surface area contributed by atoms with Crippen LogP contribution in [0.4, 0.5) is 4.39 Å². The lowest BCUT2D eigenvalue weighted by molar-refractivity contribution is 0.0713. The summed E-state index contributed by atoms with van der Waals surface area (Å²) in [6.45, 7) is 4.13. The van der Waals surface area contributed by atoms with E-state index in [2.05, 4.69) is 4.98 Å².